The Morgan fingerprint density at radius 2 is 0.607 bits per heavy atom. The van der Waals surface area contributed by atoms with Crippen LogP contribution in [0.2, 0.25) is 0 Å². The van der Waals surface area contributed by atoms with Crippen molar-refractivity contribution in [2.75, 3.05) is 0 Å². The van der Waals surface area contributed by atoms with Crippen molar-refractivity contribution in [1.82, 2.24) is 24.9 Å². The number of hydrogen-bond donors (Lipinski definition) is 0. The summed E-state index contributed by atoms with van der Waals surface area (Å²) in [5.41, 5.74) is 16.8. The molecular weight excluding hydrogens is 743 g/mol. The van der Waals surface area contributed by atoms with Crippen molar-refractivity contribution in [3.05, 3.63) is 223 Å². The molecule has 61 heavy (non-hydrogen) atoms. The average Bonchev–Trinajstić information content (AvgIpc) is 3.73. The summed E-state index contributed by atoms with van der Waals surface area (Å²) in [5, 5.41) is 0. The highest BCUT2D eigenvalue weighted by molar-refractivity contribution is 5.86. The summed E-state index contributed by atoms with van der Waals surface area (Å²) in [4.78, 5) is 26.2. The van der Waals surface area contributed by atoms with Gasteiger partial charge in [-0.15, -0.1) is 0 Å². The fraction of sp³-hybridized carbons (Fsp3) is 0.0179. The van der Waals surface area contributed by atoms with E-state index in [1.54, 1.807) is 0 Å². The van der Waals surface area contributed by atoms with Gasteiger partial charge in [-0.05, 0) is 63.2 Å². The van der Waals surface area contributed by atoms with E-state index >= 15 is 0 Å². The third-order valence-electron chi connectivity index (χ3n) is 11.4. The van der Waals surface area contributed by atoms with E-state index in [-0.39, 0.29) is 0 Å². The zero-order chi connectivity index (χ0) is 40.5. The van der Waals surface area contributed by atoms with E-state index in [1.165, 1.54) is 16.7 Å². The van der Waals surface area contributed by atoms with Crippen molar-refractivity contribution in [2.45, 2.75) is 6.42 Å². The molecule has 10 aromatic rings. The number of fused-ring (bicyclic) bond motifs is 3. The topological polar surface area (TPSA) is 64.5 Å². The lowest BCUT2D eigenvalue weighted by Crippen LogP contribution is -2.01. The minimum absolute atomic E-state index is 0.585. The van der Waals surface area contributed by atoms with Gasteiger partial charge in [-0.2, -0.15) is 0 Å². The molecule has 1 aliphatic rings. The summed E-state index contributed by atoms with van der Waals surface area (Å²) in [6.45, 7) is 0. The highest BCUT2D eigenvalue weighted by Crippen LogP contribution is 2.43. The van der Waals surface area contributed by atoms with Gasteiger partial charge >= 0.3 is 0 Å². The molecule has 0 aliphatic heterocycles. The molecule has 0 N–H and O–H groups in total. The molecule has 1 aliphatic carbocycles. The lowest BCUT2D eigenvalue weighted by Gasteiger charge is -2.13. The van der Waals surface area contributed by atoms with Crippen LogP contribution in [0.4, 0.5) is 0 Å². The van der Waals surface area contributed by atoms with Crippen LogP contribution in [0, 0.1) is 0 Å². The van der Waals surface area contributed by atoms with Gasteiger partial charge in [-0.25, -0.2) is 24.9 Å². The molecule has 5 nitrogen and oxygen atoms in total. The molecule has 0 saturated carbocycles. The lowest BCUT2D eigenvalue weighted by molar-refractivity contribution is 1.07. The zero-order valence-electron chi connectivity index (χ0n) is 33.2. The van der Waals surface area contributed by atoms with Gasteiger partial charge in [0, 0.05) is 45.4 Å². The summed E-state index contributed by atoms with van der Waals surface area (Å²) in [7, 11) is 0. The third-order valence-corrected chi connectivity index (χ3v) is 11.4. The number of nitrogens with zero attached hydrogens (tertiary/aromatic N) is 5. The smallest absolute Gasteiger partial charge is 0.164 e. The van der Waals surface area contributed by atoms with E-state index in [4.69, 9.17) is 24.9 Å². The van der Waals surface area contributed by atoms with Gasteiger partial charge < -0.3 is 0 Å². The van der Waals surface area contributed by atoms with Crippen LogP contribution in [0.25, 0.3) is 101 Å². The van der Waals surface area contributed by atoms with Crippen LogP contribution in [0.5, 0.6) is 0 Å². The van der Waals surface area contributed by atoms with Gasteiger partial charge in [0.1, 0.15) is 0 Å². The quantitative estimate of drug-likeness (QED) is 0.154. The Hall–Kier alpha value is -8.15. The number of aromatic nitrogens is 5. The Morgan fingerprint density at radius 3 is 1.10 bits per heavy atom. The van der Waals surface area contributed by atoms with Crippen LogP contribution >= 0.6 is 0 Å². The summed E-state index contributed by atoms with van der Waals surface area (Å²) < 4.78 is 0. The molecule has 0 bridgehead atoms. The summed E-state index contributed by atoms with van der Waals surface area (Å²) >= 11 is 0. The predicted molar refractivity (Wildman–Crippen MR) is 247 cm³/mol. The van der Waals surface area contributed by atoms with E-state index < -0.39 is 0 Å². The molecule has 11 rings (SSSR count). The first-order valence-electron chi connectivity index (χ1n) is 20.5. The molecule has 0 amide bonds. The summed E-state index contributed by atoms with van der Waals surface area (Å²) in [6, 6.07) is 73.6. The third kappa shape index (κ3) is 7.09. The molecule has 0 fully saturated rings. The van der Waals surface area contributed by atoms with E-state index in [9.17, 15) is 0 Å². The molecule has 286 valence electrons. The molecule has 2 heterocycles. The van der Waals surface area contributed by atoms with Gasteiger partial charge in [0.15, 0.2) is 23.3 Å². The van der Waals surface area contributed by atoms with Crippen molar-refractivity contribution in [2.24, 2.45) is 0 Å². The van der Waals surface area contributed by atoms with Crippen LogP contribution in [-0.2, 0) is 6.42 Å². The van der Waals surface area contributed by atoms with Crippen LogP contribution < -0.4 is 0 Å². The van der Waals surface area contributed by atoms with Crippen molar-refractivity contribution >= 4 is 0 Å². The fourth-order valence-electron chi connectivity index (χ4n) is 8.29. The highest BCUT2D eigenvalue weighted by atomic mass is 15.0. The SMILES string of the molecule is c1ccc(-c2cccc(-c3nc(-c4cccc(-c5ccccc5)c4)nc(-c4cccc(-c5nc(-c6ccccc6)nc6c5Cc5ccc(-c7ccccc7)cc5-6)c4)n3)c2)cc1. The number of hydrogen-bond acceptors (Lipinski definition) is 5. The van der Waals surface area contributed by atoms with Crippen molar-refractivity contribution in [3.8, 4) is 101 Å². The second kappa shape index (κ2) is 15.6. The highest BCUT2D eigenvalue weighted by Gasteiger charge is 2.27. The molecule has 0 unspecified atom stereocenters. The number of benzene rings is 8. The monoisotopic (exact) mass is 779 g/mol. The molecule has 5 heteroatoms. The average molecular weight is 780 g/mol. The Kier molecular flexibility index (Phi) is 9.17. The van der Waals surface area contributed by atoms with E-state index in [1.807, 2.05) is 30.3 Å². The summed E-state index contributed by atoms with van der Waals surface area (Å²) in [5.74, 6) is 2.49. The maximum absolute atomic E-state index is 5.33. The Morgan fingerprint density at radius 1 is 0.246 bits per heavy atom. The van der Waals surface area contributed by atoms with Crippen molar-refractivity contribution in [1.29, 1.82) is 0 Å². The summed E-state index contributed by atoms with van der Waals surface area (Å²) in [6.07, 6.45) is 0.740. The Balaban J connectivity index is 1.06. The van der Waals surface area contributed by atoms with Crippen LogP contribution in [0.15, 0.2) is 212 Å². The first-order valence-corrected chi connectivity index (χ1v) is 20.5. The second-order valence-electron chi connectivity index (χ2n) is 15.3. The molecular formula is C56H37N5. The van der Waals surface area contributed by atoms with Crippen LogP contribution in [0.1, 0.15) is 11.1 Å². The van der Waals surface area contributed by atoms with Gasteiger partial charge in [0.25, 0.3) is 0 Å². The molecule has 0 radical (unpaired) electrons. The van der Waals surface area contributed by atoms with E-state index in [0.29, 0.717) is 23.3 Å². The van der Waals surface area contributed by atoms with Gasteiger partial charge in [-0.3, -0.25) is 0 Å². The molecule has 2 aromatic heterocycles. The minimum atomic E-state index is 0.585. The Labute approximate surface area is 354 Å². The molecule has 0 saturated heterocycles. The van der Waals surface area contributed by atoms with Crippen molar-refractivity contribution in [3.63, 3.8) is 0 Å². The first-order chi connectivity index (χ1) is 30.2. The standard InChI is InChI=1S/C56H37N5/c1-5-16-37(17-6-1)41-24-13-27-46(32-41)54-59-55(47-28-14-25-42(33-47)38-18-7-2-8-19-38)61-56(60-54)48-29-15-26-45(34-48)51-50-36-44-31-30-43(39-20-9-3-10-21-39)35-49(44)52(50)58-53(57-51)40-22-11-4-12-23-40/h1-35H,36H2. The number of rotatable bonds is 8. The predicted octanol–water partition coefficient (Wildman–Crippen LogP) is 13.6. The normalized spacial score (nSPS) is 11.5. The Bertz CT molecular complexity index is 3100. The molecule has 0 spiro atoms. The molecule has 0 atom stereocenters. The lowest BCUT2D eigenvalue weighted by atomic mass is 10.00. The van der Waals surface area contributed by atoms with Gasteiger partial charge in [0.05, 0.1) is 11.4 Å². The van der Waals surface area contributed by atoms with E-state index in [0.717, 1.165) is 79.0 Å². The largest absolute Gasteiger partial charge is 0.228 e. The van der Waals surface area contributed by atoms with Gasteiger partial charge in [-0.1, -0.05) is 188 Å². The van der Waals surface area contributed by atoms with Gasteiger partial charge in [0.2, 0.25) is 0 Å². The van der Waals surface area contributed by atoms with Crippen LogP contribution in [-0.4, -0.2) is 24.9 Å². The molecule has 8 aromatic carbocycles. The fourth-order valence-corrected chi connectivity index (χ4v) is 8.29. The van der Waals surface area contributed by atoms with E-state index in [2.05, 4.69) is 182 Å². The maximum atomic E-state index is 5.33. The zero-order valence-corrected chi connectivity index (χ0v) is 33.2. The maximum Gasteiger partial charge on any atom is 0.164 e. The second-order valence-corrected chi connectivity index (χ2v) is 15.3. The first kappa shape index (κ1) is 36.0. The minimum Gasteiger partial charge on any atom is -0.228 e. The van der Waals surface area contributed by atoms with Crippen molar-refractivity contribution < 1.29 is 0 Å². The van der Waals surface area contributed by atoms with Crippen LogP contribution in [0.3, 0.4) is 0 Å².